The number of hydrogen-bond acceptors (Lipinski definition) is 3. The molecule has 0 radical (unpaired) electrons. The van der Waals surface area contributed by atoms with E-state index in [1.807, 2.05) is 6.92 Å². The van der Waals surface area contributed by atoms with Crippen LogP contribution in [0.1, 0.15) is 37.6 Å². The van der Waals surface area contributed by atoms with Crippen LogP contribution in [0, 0.1) is 6.92 Å². The molecule has 1 aromatic rings. The normalized spacial score (nSPS) is 15.2. The second-order valence-corrected chi connectivity index (χ2v) is 4.83. The zero-order valence-corrected chi connectivity index (χ0v) is 10.9. The van der Waals surface area contributed by atoms with Gasteiger partial charge in [0.25, 0.3) is 0 Å². The first kappa shape index (κ1) is 11.6. The monoisotopic (exact) mass is 239 g/mol. The molecule has 2 rings (SSSR count). The molecule has 1 fully saturated rings. The average Bonchev–Trinajstić information content (AvgIpc) is 3.06. The molecule has 1 aliphatic carbocycles. The smallest absolute Gasteiger partial charge is 0.137 e. The molecule has 88 valence electrons. The number of hydrogen-bond donors (Lipinski definition) is 0. The fourth-order valence-corrected chi connectivity index (χ4v) is 2.02. The molecule has 4 heteroatoms. The summed E-state index contributed by atoms with van der Waals surface area (Å²) in [6.07, 6.45) is 4.47. The standard InChI is InChI=1S/C12H18ClN3/c1-4-5-10-14-11(13)8(2)12(15-10)16(3)9-6-7-9/h9H,4-7H2,1-3H3. The fraction of sp³-hybridized carbons (Fsp3) is 0.667. The molecule has 1 heterocycles. The van der Waals surface area contributed by atoms with Crippen molar-refractivity contribution in [1.29, 1.82) is 0 Å². The summed E-state index contributed by atoms with van der Waals surface area (Å²) in [5.41, 5.74) is 0.996. The Morgan fingerprint density at radius 1 is 1.38 bits per heavy atom. The first-order valence-corrected chi connectivity index (χ1v) is 6.27. The summed E-state index contributed by atoms with van der Waals surface area (Å²) in [6, 6.07) is 0.652. The maximum atomic E-state index is 6.15. The van der Waals surface area contributed by atoms with Gasteiger partial charge < -0.3 is 4.90 Å². The van der Waals surface area contributed by atoms with Crippen molar-refractivity contribution in [3.05, 3.63) is 16.5 Å². The number of nitrogens with zero attached hydrogens (tertiary/aromatic N) is 3. The van der Waals surface area contributed by atoms with Gasteiger partial charge in [0.1, 0.15) is 16.8 Å². The highest BCUT2D eigenvalue weighted by atomic mass is 35.5. The van der Waals surface area contributed by atoms with Gasteiger partial charge in [0.15, 0.2) is 0 Å². The highest BCUT2D eigenvalue weighted by molar-refractivity contribution is 6.30. The van der Waals surface area contributed by atoms with Gasteiger partial charge in [0.05, 0.1) is 0 Å². The zero-order chi connectivity index (χ0) is 11.7. The van der Waals surface area contributed by atoms with Gasteiger partial charge in [-0.3, -0.25) is 0 Å². The van der Waals surface area contributed by atoms with Crippen molar-refractivity contribution in [2.45, 2.75) is 45.6 Å². The van der Waals surface area contributed by atoms with Gasteiger partial charge in [-0.15, -0.1) is 0 Å². The van der Waals surface area contributed by atoms with Crippen LogP contribution in [0.5, 0.6) is 0 Å². The maximum Gasteiger partial charge on any atom is 0.137 e. The number of halogens is 1. The van der Waals surface area contributed by atoms with Crippen LogP contribution in [-0.2, 0) is 6.42 Å². The quantitative estimate of drug-likeness (QED) is 0.757. The van der Waals surface area contributed by atoms with Crippen molar-refractivity contribution in [2.75, 3.05) is 11.9 Å². The van der Waals surface area contributed by atoms with Crippen molar-refractivity contribution in [1.82, 2.24) is 9.97 Å². The van der Waals surface area contributed by atoms with E-state index in [4.69, 9.17) is 11.6 Å². The van der Waals surface area contributed by atoms with Crippen LogP contribution in [0.2, 0.25) is 5.15 Å². The Kier molecular flexibility index (Phi) is 3.33. The van der Waals surface area contributed by atoms with E-state index in [9.17, 15) is 0 Å². The lowest BCUT2D eigenvalue weighted by Gasteiger charge is -2.20. The predicted molar refractivity (Wildman–Crippen MR) is 67.2 cm³/mol. The largest absolute Gasteiger partial charge is 0.356 e. The van der Waals surface area contributed by atoms with E-state index in [1.165, 1.54) is 12.8 Å². The lowest BCUT2D eigenvalue weighted by Crippen LogP contribution is -2.22. The number of aromatic nitrogens is 2. The van der Waals surface area contributed by atoms with Crippen LogP contribution < -0.4 is 4.90 Å². The Labute approximate surface area is 102 Å². The first-order valence-electron chi connectivity index (χ1n) is 5.89. The summed E-state index contributed by atoms with van der Waals surface area (Å²) in [5.74, 6) is 1.87. The van der Waals surface area contributed by atoms with Gasteiger partial charge in [-0.25, -0.2) is 9.97 Å². The number of rotatable bonds is 4. The van der Waals surface area contributed by atoms with E-state index >= 15 is 0 Å². The minimum atomic E-state index is 0.598. The average molecular weight is 240 g/mol. The Hall–Kier alpha value is -0.830. The van der Waals surface area contributed by atoms with Crippen molar-refractivity contribution < 1.29 is 0 Å². The third kappa shape index (κ3) is 2.29. The van der Waals surface area contributed by atoms with Gasteiger partial charge in [0, 0.05) is 25.1 Å². The third-order valence-corrected chi connectivity index (χ3v) is 3.38. The van der Waals surface area contributed by atoms with Crippen LogP contribution in [0.25, 0.3) is 0 Å². The molecule has 1 saturated carbocycles. The van der Waals surface area contributed by atoms with E-state index in [0.29, 0.717) is 11.2 Å². The van der Waals surface area contributed by atoms with Gasteiger partial charge in [-0.1, -0.05) is 18.5 Å². The molecular formula is C12H18ClN3. The predicted octanol–water partition coefficient (Wildman–Crippen LogP) is 2.99. The third-order valence-electron chi connectivity index (χ3n) is 3.01. The van der Waals surface area contributed by atoms with E-state index in [-0.39, 0.29) is 0 Å². The van der Waals surface area contributed by atoms with E-state index in [1.54, 1.807) is 0 Å². The maximum absolute atomic E-state index is 6.15. The molecule has 3 nitrogen and oxygen atoms in total. The molecule has 0 atom stereocenters. The lowest BCUT2D eigenvalue weighted by atomic mass is 10.3. The van der Waals surface area contributed by atoms with Crippen LogP contribution >= 0.6 is 11.6 Å². The van der Waals surface area contributed by atoms with Gasteiger partial charge in [0.2, 0.25) is 0 Å². The Morgan fingerprint density at radius 3 is 2.62 bits per heavy atom. The number of anilines is 1. The SMILES string of the molecule is CCCc1nc(Cl)c(C)c(N(C)C2CC2)n1. The second-order valence-electron chi connectivity index (χ2n) is 4.47. The van der Waals surface area contributed by atoms with Crippen LogP contribution in [0.3, 0.4) is 0 Å². The molecule has 0 aliphatic heterocycles. The van der Waals surface area contributed by atoms with Gasteiger partial charge >= 0.3 is 0 Å². The van der Waals surface area contributed by atoms with Gasteiger partial charge in [-0.2, -0.15) is 0 Å². The summed E-state index contributed by atoms with van der Waals surface area (Å²) in [7, 11) is 2.10. The summed E-state index contributed by atoms with van der Waals surface area (Å²) >= 11 is 6.15. The molecule has 1 aromatic heterocycles. The molecule has 0 saturated heterocycles. The Balaban J connectivity index is 2.33. The van der Waals surface area contributed by atoms with Gasteiger partial charge in [-0.05, 0) is 26.2 Å². The van der Waals surface area contributed by atoms with Crippen molar-refractivity contribution in [3.8, 4) is 0 Å². The summed E-state index contributed by atoms with van der Waals surface area (Å²) in [4.78, 5) is 11.2. The van der Waals surface area contributed by atoms with Crippen LogP contribution in [-0.4, -0.2) is 23.1 Å². The fourth-order valence-electron chi connectivity index (χ4n) is 1.83. The molecule has 1 aliphatic rings. The molecule has 0 N–H and O–H groups in total. The van der Waals surface area contributed by atoms with Crippen molar-refractivity contribution >= 4 is 17.4 Å². The highest BCUT2D eigenvalue weighted by Gasteiger charge is 2.28. The van der Waals surface area contributed by atoms with E-state index in [2.05, 4.69) is 28.8 Å². The topological polar surface area (TPSA) is 29.0 Å². The summed E-state index contributed by atoms with van der Waals surface area (Å²) < 4.78 is 0. The minimum Gasteiger partial charge on any atom is -0.356 e. The molecule has 0 amide bonds. The van der Waals surface area contributed by atoms with E-state index in [0.717, 1.165) is 30.0 Å². The van der Waals surface area contributed by atoms with Crippen molar-refractivity contribution in [3.63, 3.8) is 0 Å². The summed E-state index contributed by atoms with van der Waals surface area (Å²) in [6.45, 7) is 4.12. The molecule has 0 unspecified atom stereocenters. The van der Waals surface area contributed by atoms with Crippen LogP contribution in [0.15, 0.2) is 0 Å². The molecule has 0 spiro atoms. The highest BCUT2D eigenvalue weighted by Crippen LogP contribution is 2.32. The first-order chi connectivity index (χ1) is 7.63. The molecular weight excluding hydrogens is 222 g/mol. The second kappa shape index (κ2) is 4.58. The number of aryl methyl sites for hydroxylation is 1. The van der Waals surface area contributed by atoms with Crippen molar-refractivity contribution in [2.24, 2.45) is 0 Å². The minimum absolute atomic E-state index is 0.598. The Bertz CT molecular complexity index is 388. The lowest BCUT2D eigenvalue weighted by molar-refractivity contribution is 0.804. The molecule has 0 aromatic carbocycles. The Morgan fingerprint density at radius 2 is 2.06 bits per heavy atom. The summed E-state index contributed by atoms with van der Waals surface area (Å²) in [5, 5.41) is 0.598. The van der Waals surface area contributed by atoms with Crippen LogP contribution in [0.4, 0.5) is 5.82 Å². The molecule has 0 bridgehead atoms. The molecule has 16 heavy (non-hydrogen) atoms. The van der Waals surface area contributed by atoms with E-state index < -0.39 is 0 Å². The zero-order valence-electron chi connectivity index (χ0n) is 10.1.